The fraction of sp³-hybridized carbons (Fsp3) is 0.341. The molecule has 0 atom stereocenters. The van der Waals surface area contributed by atoms with Crippen molar-refractivity contribution in [1.82, 2.24) is 0 Å². The molecule has 3 nitrogen and oxygen atoms in total. The van der Waals surface area contributed by atoms with E-state index >= 15 is 4.39 Å². The summed E-state index contributed by atoms with van der Waals surface area (Å²) in [6.07, 6.45) is 12.2. The molecule has 2 aliphatic rings. The molecule has 0 fully saturated rings. The first-order chi connectivity index (χ1) is 23.0. The number of hydrogen-bond donors (Lipinski definition) is 0. The average Bonchev–Trinajstić information content (AvgIpc) is 3.19. The van der Waals surface area contributed by atoms with Crippen molar-refractivity contribution in [3.8, 4) is 22.5 Å². The van der Waals surface area contributed by atoms with E-state index in [1.165, 1.54) is 44.3 Å². The maximum atomic E-state index is 16.5. The second kappa shape index (κ2) is 11.9. The molecule has 3 aromatic carbocycles. The van der Waals surface area contributed by atoms with Crippen LogP contribution in [0.1, 0.15) is 88.1 Å². The monoisotopic (exact) mass is 638 g/mol. The van der Waals surface area contributed by atoms with Gasteiger partial charge < -0.3 is 0 Å². The van der Waals surface area contributed by atoms with Gasteiger partial charge in [0.1, 0.15) is 19.6 Å². The minimum atomic E-state index is -0.499. The van der Waals surface area contributed by atoms with Crippen molar-refractivity contribution in [3.63, 3.8) is 0 Å². The Balaban J connectivity index is 1.52. The molecule has 48 heavy (non-hydrogen) atoms. The van der Waals surface area contributed by atoms with Gasteiger partial charge in [-0.25, -0.2) is 8.97 Å². The lowest BCUT2D eigenvalue weighted by Gasteiger charge is -2.36. The Morgan fingerprint density at radius 3 is 2.42 bits per heavy atom. The van der Waals surface area contributed by atoms with E-state index in [-0.39, 0.29) is 11.4 Å². The summed E-state index contributed by atoms with van der Waals surface area (Å²) in [6, 6.07) is 23.8. The van der Waals surface area contributed by atoms with Gasteiger partial charge in [0.25, 0.3) is 0 Å². The van der Waals surface area contributed by atoms with Gasteiger partial charge in [-0.05, 0) is 65.6 Å². The highest BCUT2D eigenvalue weighted by atomic mass is 19.1. The van der Waals surface area contributed by atoms with Crippen LogP contribution in [0.15, 0.2) is 85.2 Å². The molecule has 0 unspecified atom stereocenters. The molecule has 0 saturated heterocycles. The van der Waals surface area contributed by atoms with E-state index < -0.39 is 5.41 Å². The zero-order valence-electron chi connectivity index (χ0n) is 29.8. The van der Waals surface area contributed by atoms with Gasteiger partial charge in [-0.3, -0.25) is 0 Å². The molecule has 0 spiro atoms. The highest BCUT2D eigenvalue weighted by molar-refractivity contribution is 6.03. The SMILES string of the molecule is C=[N+](C)c1ccc(C)c(-c2cccc[n+]2CC2=CC(CC)(CC)[n+]3ccc4cc(CCCC)cc5c4c3-c3c2ccc(F)c3C5(C)C)c1. The van der Waals surface area contributed by atoms with Crippen LogP contribution >= 0.6 is 0 Å². The Hall–Kier alpha value is -4.44. The second-order valence-electron chi connectivity index (χ2n) is 14.6. The topological polar surface area (TPSA) is 10.8 Å². The number of aryl methyl sites for hydroxylation is 2. The number of halogens is 1. The van der Waals surface area contributed by atoms with Crippen molar-refractivity contribution < 1.29 is 18.1 Å². The van der Waals surface area contributed by atoms with Gasteiger partial charge in [0.05, 0.1) is 16.5 Å². The number of rotatable bonds is 9. The van der Waals surface area contributed by atoms with Crippen LogP contribution in [-0.2, 0) is 23.9 Å². The average molecular weight is 639 g/mol. The number of pyridine rings is 2. The van der Waals surface area contributed by atoms with Gasteiger partial charge in [0.15, 0.2) is 24.5 Å². The van der Waals surface area contributed by atoms with Crippen molar-refractivity contribution in [2.24, 2.45) is 0 Å². The highest BCUT2D eigenvalue weighted by Crippen LogP contribution is 2.53. The molecule has 0 N–H and O–H groups in total. The van der Waals surface area contributed by atoms with Gasteiger partial charge in [-0.15, -0.1) is 0 Å². The molecule has 5 aromatic rings. The maximum Gasteiger partial charge on any atom is 0.222 e. The largest absolute Gasteiger partial charge is 0.222 e. The first-order valence-corrected chi connectivity index (χ1v) is 17.8. The molecule has 7 rings (SSSR count). The summed E-state index contributed by atoms with van der Waals surface area (Å²) in [5.41, 5.74) is 11.8. The Kier molecular flexibility index (Phi) is 7.97. The summed E-state index contributed by atoms with van der Waals surface area (Å²) >= 11 is 0. The molecule has 0 saturated carbocycles. The third-order valence-electron chi connectivity index (χ3n) is 11.3. The van der Waals surface area contributed by atoms with E-state index in [1.807, 2.05) is 17.7 Å². The number of unbranched alkanes of at least 4 members (excludes halogenated alkanes) is 1. The number of aromatic nitrogens is 2. The Morgan fingerprint density at radius 1 is 0.896 bits per heavy atom. The molecule has 4 heteroatoms. The predicted molar refractivity (Wildman–Crippen MR) is 197 cm³/mol. The van der Waals surface area contributed by atoms with E-state index in [0.717, 1.165) is 60.2 Å². The van der Waals surface area contributed by atoms with E-state index in [9.17, 15) is 0 Å². The molecule has 0 bridgehead atoms. The lowest BCUT2D eigenvalue weighted by atomic mass is 9.67. The minimum Gasteiger partial charge on any atom is -0.208 e. The summed E-state index contributed by atoms with van der Waals surface area (Å²) < 4.78 is 23.3. The summed E-state index contributed by atoms with van der Waals surface area (Å²) in [7, 11) is 1.98. The summed E-state index contributed by atoms with van der Waals surface area (Å²) in [6.45, 7) is 18.3. The number of hydrogen-bond acceptors (Lipinski definition) is 0. The Morgan fingerprint density at radius 2 is 1.69 bits per heavy atom. The van der Waals surface area contributed by atoms with Crippen LogP contribution in [-0.4, -0.2) is 18.3 Å². The van der Waals surface area contributed by atoms with Crippen molar-refractivity contribution in [2.45, 2.75) is 91.1 Å². The summed E-state index contributed by atoms with van der Waals surface area (Å²) in [5.74, 6) is -0.121. The van der Waals surface area contributed by atoms with E-state index in [4.69, 9.17) is 0 Å². The fourth-order valence-electron chi connectivity index (χ4n) is 8.51. The molecule has 3 heterocycles. The van der Waals surface area contributed by atoms with E-state index in [1.54, 1.807) is 6.07 Å². The molecule has 1 aliphatic carbocycles. The minimum absolute atomic E-state index is 0.121. The molecular weight excluding hydrogens is 590 g/mol. The molecule has 0 amide bonds. The van der Waals surface area contributed by atoms with Gasteiger partial charge in [-0.2, -0.15) is 9.13 Å². The van der Waals surface area contributed by atoms with Gasteiger partial charge in [0.2, 0.25) is 17.1 Å². The number of benzene rings is 3. The van der Waals surface area contributed by atoms with Gasteiger partial charge in [-0.1, -0.05) is 65.3 Å². The summed E-state index contributed by atoms with van der Waals surface area (Å²) in [5, 5.41) is 2.54. The molecule has 244 valence electrons. The predicted octanol–water partition coefficient (Wildman–Crippen LogP) is 9.77. The van der Waals surface area contributed by atoms with Crippen LogP contribution in [0.5, 0.6) is 0 Å². The van der Waals surface area contributed by atoms with Crippen LogP contribution < -0.4 is 9.13 Å². The normalized spacial score (nSPS) is 15.3. The molecule has 2 aromatic heterocycles. The van der Waals surface area contributed by atoms with Crippen molar-refractivity contribution in [2.75, 3.05) is 7.05 Å². The van der Waals surface area contributed by atoms with Crippen molar-refractivity contribution in [3.05, 3.63) is 119 Å². The molecule has 0 radical (unpaired) electrons. The van der Waals surface area contributed by atoms with Crippen LogP contribution in [0.25, 0.3) is 38.9 Å². The van der Waals surface area contributed by atoms with Gasteiger partial charge in [0, 0.05) is 59.7 Å². The maximum absolute atomic E-state index is 16.5. The Bertz CT molecular complexity index is 2150. The third kappa shape index (κ3) is 4.86. The Labute approximate surface area is 285 Å². The zero-order valence-corrected chi connectivity index (χ0v) is 29.8. The number of allylic oxidation sites excluding steroid dienone is 2. The first kappa shape index (κ1) is 32.1. The standard InChI is InChI=1S/C44H49FN3/c1-9-12-15-30-24-31-21-23-48-42-39(31)36(25-30)43(5,6)41-37(45)20-19-34(40(41)42)32(27-44(48,10-2)11-3)28-47-22-14-13-16-38(47)35-26-33(46(7)8)18-17-29(35)4/h13-14,16-27H,7,9-12,15,28H2,1-6,8H3/q+3. The van der Waals surface area contributed by atoms with Gasteiger partial charge >= 0.3 is 0 Å². The first-order valence-electron chi connectivity index (χ1n) is 17.8. The smallest absolute Gasteiger partial charge is 0.208 e. The van der Waals surface area contributed by atoms with Crippen LogP contribution in [0.3, 0.4) is 0 Å². The van der Waals surface area contributed by atoms with E-state index in [0.29, 0.717) is 6.54 Å². The lowest BCUT2D eigenvalue weighted by Crippen LogP contribution is -2.56. The fourth-order valence-corrected chi connectivity index (χ4v) is 8.51. The second-order valence-corrected chi connectivity index (χ2v) is 14.6. The van der Waals surface area contributed by atoms with Crippen LogP contribution in [0.2, 0.25) is 0 Å². The van der Waals surface area contributed by atoms with Crippen LogP contribution in [0.4, 0.5) is 10.1 Å². The quantitative estimate of drug-likeness (QED) is 0.112. The lowest BCUT2D eigenvalue weighted by molar-refractivity contribution is -0.743. The van der Waals surface area contributed by atoms with Crippen LogP contribution in [0, 0.1) is 12.7 Å². The molecule has 1 aliphatic heterocycles. The summed E-state index contributed by atoms with van der Waals surface area (Å²) in [4.78, 5) is 0. The number of nitrogens with zero attached hydrogens (tertiary/aromatic N) is 3. The third-order valence-corrected chi connectivity index (χ3v) is 11.3. The molecular formula is C44H49FN3+3. The van der Waals surface area contributed by atoms with E-state index in [2.05, 4.69) is 130 Å². The zero-order chi connectivity index (χ0) is 34.0. The van der Waals surface area contributed by atoms with Crippen molar-refractivity contribution >= 4 is 28.8 Å². The highest BCUT2D eigenvalue weighted by Gasteiger charge is 2.48. The van der Waals surface area contributed by atoms with Crippen molar-refractivity contribution in [1.29, 1.82) is 0 Å².